The molecule has 4 nitrogen and oxygen atoms in total. The van der Waals surface area contributed by atoms with Crippen LogP contribution in [0.3, 0.4) is 0 Å². The van der Waals surface area contributed by atoms with Crippen LogP contribution in [-0.2, 0) is 11.3 Å². The third-order valence-electron chi connectivity index (χ3n) is 4.33. The summed E-state index contributed by atoms with van der Waals surface area (Å²) in [6.07, 6.45) is -0.479. The van der Waals surface area contributed by atoms with Crippen LogP contribution in [0.1, 0.15) is 17.2 Å². The second kappa shape index (κ2) is 7.31. The number of ether oxygens (including phenoxy) is 2. The Labute approximate surface area is 152 Å². The Morgan fingerprint density at radius 1 is 0.846 bits per heavy atom. The highest BCUT2D eigenvalue weighted by Gasteiger charge is 2.32. The lowest BCUT2D eigenvalue weighted by Crippen LogP contribution is -2.23. The van der Waals surface area contributed by atoms with Crippen molar-refractivity contribution in [2.24, 2.45) is 0 Å². The van der Waals surface area contributed by atoms with Gasteiger partial charge in [0.05, 0.1) is 6.54 Å². The first-order valence-corrected chi connectivity index (χ1v) is 8.60. The van der Waals surface area contributed by atoms with Crippen molar-refractivity contribution in [1.29, 1.82) is 0 Å². The van der Waals surface area contributed by atoms with E-state index in [9.17, 15) is 4.79 Å². The van der Waals surface area contributed by atoms with E-state index in [1.807, 2.05) is 84.9 Å². The minimum absolute atomic E-state index is 0.204. The molecule has 4 rings (SSSR count). The van der Waals surface area contributed by atoms with Crippen molar-refractivity contribution in [3.8, 4) is 11.5 Å². The lowest BCUT2D eigenvalue weighted by Gasteiger charge is -2.13. The summed E-state index contributed by atoms with van der Waals surface area (Å²) >= 11 is 0. The maximum atomic E-state index is 12.1. The Morgan fingerprint density at radius 2 is 1.46 bits per heavy atom. The van der Waals surface area contributed by atoms with Gasteiger partial charge in [-0.1, -0.05) is 60.7 Å². The van der Waals surface area contributed by atoms with Gasteiger partial charge in [-0.15, -0.1) is 0 Å². The van der Waals surface area contributed by atoms with Gasteiger partial charge in [0.1, 0.15) is 17.6 Å². The molecule has 0 spiro atoms. The molecule has 130 valence electrons. The average molecular weight is 345 g/mol. The van der Waals surface area contributed by atoms with E-state index in [0.717, 1.165) is 22.6 Å². The molecule has 1 amide bonds. The maximum Gasteiger partial charge on any atom is 0.410 e. The molecule has 1 heterocycles. The quantitative estimate of drug-likeness (QED) is 0.640. The Hall–Kier alpha value is -3.27. The number of hydrogen-bond donors (Lipinski definition) is 0. The van der Waals surface area contributed by atoms with E-state index in [-0.39, 0.29) is 12.2 Å². The monoisotopic (exact) mass is 345 g/mol. The van der Waals surface area contributed by atoms with E-state index in [2.05, 4.69) is 0 Å². The van der Waals surface area contributed by atoms with Gasteiger partial charge in [0, 0.05) is 6.54 Å². The van der Waals surface area contributed by atoms with E-state index in [1.54, 1.807) is 4.90 Å². The number of para-hydroxylation sites is 1. The van der Waals surface area contributed by atoms with E-state index in [4.69, 9.17) is 9.47 Å². The molecule has 1 fully saturated rings. The van der Waals surface area contributed by atoms with E-state index < -0.39 is 0 Å². The first-order valence-electron chi connectivity index (χ1n) is 8.60. The fraction of sp³-hybridized carbons (Fsp3) is 0.136. The predicted molar refractivity (Wildman–Crippen MR) is 99.0 cm³/mol. The second-order valence-electron chi connectivity index (χ2n) is 6.22. The van der Waals surface area contributed by atoms with Crippen molar-refractivity contribution < 1.29 is 14.3 Å². The molecule has 1 saturated heterocycles. The van der Waals surface area contributed by atoms with Crippen LogP contribution in [-0.4, -0.2) is 17.5 Å². The summed E-state index contributed by atoms with van der Waals surface area (Å²) in [6, 6.07) is 27.3. The van der Waals surface area contributed by atoms with Crippen molar-refractivity contribution in [2.75, 3.05) is 6.54 Å². The van der Waals surface area contributed by atoms with Gasteiger partial charge in [0.2, 0.25) is 0 Å². The van der Waals surface area contributed by atoms with Crippen LogP contribution in [0.25, 0.3) is 0 Å². The summed E-state index contributed by atoms with van der Waals surface area (Å²) < 4.78 is 11.3. The summed E-state index contributed by atoms with van der Waals surface area (Å²) in [4.78, 5) is 13.9. The maximum absolute atomic E-state index is 12.1. The number of amides is 1. The summed E-state index contributed by atoms with van der Waals surface area (Å²) in [5.74, 6) is 1.57. The van der Waals surface area contributed by atoms with Gasteiger partial charge >= 0.3 is 6.09 Å². The summed E-state index contributed by atoms with van der Waals surface area (Å²) in [7, 11) is 0. The van der Waals surface area contributed by atoms with Crippen LogP contribution in [0.15, 0.2) is 84.9 Å². The SMILES string of the molecule is O=C1O[C@H](c2ccccc2)CN1Cc1ccc(Oc2ccccc2)cc1. The molecule has 0 aromatic heterocycles. The van der Waals surface area contributed by atoms with Crippen LogP contribution in [0, 0.1) is 0 Å². The topological polar surface area (TPSA) is 38.8 Å². The standard InChI is InChI=1S/C22H19NO3/c24-22-23(16-21(26-22)18-7-3-1-4-8-18)15-17-11-13-20(14-12-17)25-19-9-5-2-6-10-19/h1-14,21H,15-16H2/t21-/m0/s1. The number of rotatable bonds is 5. The average Bonchev–Trinajstić information content (AvgIpc) is 3.05. The zero-order chi connectivity index (χ0) is 17.8. The molecular weight excluding hydrogens is 326 g/mol. The largest absolute Gasteiger partial charge is 0.457 e. The Morgan fingerprint density at radius 3 is 2.15 bits per heavy atom. The third-order valence-corrected chi connectivity index (χ3v) is 4.33. The molecule has 4 heteroatoms. The van der Waals surface area contributed by atoms with Crippen LogP contribution in [0.4, 0.5) is 4.79 Å². The van der Waals surface area contributed by atoms with Crippen molar-refractivity contribution in [1.82, 2.24) is 4.90 Å². The summed E-state index contributed by atoms with van der Waals surface area (Å²) in [5.41, 5.74) is 2.06. The van der Waals surface area contributed by atoms with Crippen LogP contribution >= 0.6 is 0 Å². The lowest BCUT2D eigenvalue weighted by atomic mass is 10.1. The number of carbonyl (C=O) groups is 1. The van der Waals surface area contributed by atoms with Gasteiger partial charge in [0.15, 0.2) is 0 Å². The number of cyclic esters (lactones) is 1. The molecule has 0 radical (unpaired) electrons. The van der Waals surface area contributed by atoms with Crippen LogP contribution in [0.2, 0.25) is 0 Å². The van der Waals surface area contributed by atoms with Crippen LogP contribution < -0.4 is 4.74 Å². The Kier molecular flexibility index (Phi) is 4.56. The molecule has 3 aromatic rings. The fourth-order valence-electron chi connectivity index (χ4n) is 2.99. The van der Waals surface area contributed by atoms with Crippen LogP contribution in [0.5, 0.6) is 11.5 Å². The molecule has 1 aliphatic heterocycles. The lowest BCUT2D eigenvalue weighted by molar-refractivity contribution is 0.132. The summed E-state index contributed by atoms with van der Waals surface area (Å²) in [6.45, 7) is 1.08. The van der Waals surface area contributed by atoms with Gasteiger partial charge < -0.3 is 9.47 Å². The molecule has 1 atom stereocenters. The fourth-order valence-corrected chi connectivity index (χ4v) is 2.99. The molecule has 0 aliphatic carbocycles. The molecule has 0 bridgehead atoms. The first-order chi connectivity index (χ1) is 12.8. The molecular formula is C22H19NO3. The highest BCUT2D eigenvalue weighted by Crippen LogP contribution is 2.28. The molecule has 3 aromatic carbocycles. The first kappa shape index (κ1) is 16.2. The minimum Gasteiger partial charge on any atom is -0.457 e. The summed E-state index contributed by atoms with van der Waals surface area (Å²) in [5, 5.41) is 0. The molecule has 1 aliphatic rings. The van der Waals surface area contributed by atoms with Gasteiger partial charge in [0.25, 0.3) is 0 Å². The number of nitrogens with zero attached hydrogens (tertiary/aromatic N) is 1. The van der Waals surface area contributed by atoms with Gasteiger partial charge in [-0.2, -0.15) is 0 Å². The smallest absolute Gasteiger partial charge is 0.410 e. The zero-order valence-electron chi connectivity index (χ0n) is 14.2. The third kappa shape index (κ3) is 3.70. The molecule has 26 heavy (non-hydrogen) atoms. The van der Waals surface area contributed by atoms with Crippen molar-refractivity contribution in [3.05, 3.63) is 96.1 Å². The van der Waals surface area contributed by atoms with E-state index >= 15 is 0 Å². The van der Waals surface area contributed by atoms with E-state index in [0.29, 0.717) is 13.1 Å². The van der Waals surface area contributed by atoms with Gasteiger partial charge in [-0.25, -0.2) is 4.79 Å². The number of carbonyl (C=O) groups excluding carboxylic acids is 1. The second-order valence-corrected chi connectivity index (χ2v) is 6.22. The van der Waals surface area contributed by atoms with Crippen molar-refractivity contribution in [2.45, 2.75) is 12.6 Å². The highest BCUT2D eigenvalue weighted by molar-refractivity contribution is 5.70. The molecule has 0 saturated carbocycles. The highest BCUT2D eigenvalue weighted by atomic mass is 16.6. The molecule has 0 N–H and O–H groups in total. The molecule has 0 unspecified atom stereocenters. The minimum atomic E-state index is -0.275. The predicted octanol–water partition coefficient (Wildman–Crippen LogP) is 5.17. The number of hydrogen-bond acceptors (Lipinski definition) is 3. The van der Waals surface area contributed by atoms with Gasteiger partial charge in [-0.05, 0) is 35.4 Å². The van der Waals surface area contributed by atoms with Crippen molar-refractivity contribution in [3.63, 3.8) is 0 Å². The van der Waals surface area contributed by atoms with Crippen molar-refractivity contribution >= 4 is 6.09 Å². The Bertz CT molecular complexity index is 863. The zero-order valence-corrected chi connectivity index (χ0v) is 14.2. The Balaban J connectivity index is 1.39. The van der Waals surface area contributed by atoms with Gasteiger partial charge in [-0.3, -0.25) is 4.90 Å². The van der Waals surface area contributed by atoms with E-state index in [1.165, 1.54) is 0 Å². The number of benzene rings is 3. The normalized spacial score (nSPS) is 16.4.